The van der Waals surface area contributed by atoms with Crippen molar-refractivity contribution in [1.29, 1.82) is 0 Å². The van der Waals surface area contributed by atoms with E-state index in [1.807, 2.05) is 0 Å². The van der Waals surface area contributed by atoms with E-state index in [0.29, 0.717) is 0 Å². The molecule has 0 atom stereocenters. The first-order valence-electron chi connectivity index (χ1n) is 10.1. The lowest BCUT2D eigenvalue weighted by Crippen LogP contribution is -2.65. The fraction of sp³-hybridized carbons (Fsp3) is 1.00. The van der Waals surface area contributed by atoms with Crippen molar-refractivity contribution >= 4 is 16.8 Å². The molecule has 0 aliphatic rings. The van der Waals surface area contributed by atoms with Gasteiger partial charge in [-0.3, -0.25) is 0 Å². The third-order valence-electron chi connectivity index (χ3n) is 5.48. The summed E-state index contributed by atoms with van der Waals surface area (Å²) in [6.45, 7) is 26.2. The SMILES string of the molecule is CCCCN(C[Si](C)(OCC)OCC)[Si](C(C)C)(C(C)C)C(C)C. The molecule has 0 N–H and O–H groups in total. The van der Waals surface area contributed by atoms with Crippen molar-refractivity contribution in [3.05, 3.63) is 0 Å². The molecule has 0 aliphatic heterocycles. The Bertz CT molecular complexity index is 308. The molecule has 0 aromatic carbocycles. The Balaban J connectivity index is 5.84. The Morgan fingerprint density at radius 2 is 1.21 bits per heavy atom. The predicted octanol–water partition coefficient (Wildman–Crippen LogP) is 5.95. The molecule has 0 fully saturated rings. The molecular formula is C19H45NO2Si2. The van der Waals surface area contributed by atoms with E-state index in [1.54, 1.807) is 0 Å². The van der Waals surface area contributed by atoms with Gasteiger partial charge >= 0.3 is 8.56 Å². The van der Waals surface area contributed by atoms with Crippen LogP contribution in [0.1, 0.15) is 75.2 Å². The Morgan fingerprint density at radius 1 is 0.792 bits per heavy atom. The molecule has 0 unspecified atom stereocenters. The van der Waals surface area contributed by atoms with Gasteiger partial charge in [-0.2, -0.15) is 0 Å². The highest BCUT2D eigenvalue weighted by Crippen LogP contribution is 2.44. The van der Waals surface area contributed by atoms with E-state index in [-0.39, 0.29) is 0 Å². The zero-order valence-corrected chi connectivity index (χ0v) is 20.2. The monoisotopic (exact) mass is 375 g/mol. The molecule has 0 aliphatic carbocycles. The van der Waals surface area contributed by atoms with Crippen molar-refractivity contribution in [3.8, 4) is 0 Å². The fourth-order valence-electron chi connectivity index (χ4n) is 4.94. The lowest BCUT2D eigenvalue weighted by atomic mass is 10.3. The van der Waals surface area contributed by atoms with Gasteiger partial charge in [0.15, 0.2) is 0 Å². The van der Waals surface area contributed by atoms with E-state index in [4.69, 9.17) is 8.85 Å². The highest BCUT2D eigenvalue weighted by atomic mass is 28.4. The smallest absolute Gasteiger partial charge is 0.348 e. The van der Waals surface area contributed by atoms with E-state index in [9.17, 15) is 0 Å². The molecule has 0 saturated carbocycles. The third kappa shape index (κ3) is 5.94. The maximum absolute atomic E-state index is 6.21. The highest BCUT2D eigenvalue weighted by molar-refractivity contribution is 6.82. The Kier molecular flexibility index (Phi) is 11.3. The van der Waals surface area contributed by atoms with Gasteiger partial charge in [0.2, 0.25) is 0 Å². The molecule has 0 aromatic heterocycles. The average molecular weight is 376 g/mol. The molecule has 3 nitrogen and oxygen atoms in total. The zero-order chi connectivity index (χ0) is 19.0. The van der Waals surface area contributed by atoms with Crippen LogP contribution in [-0.2, 0) is 8.85 Å². The number of rotatable bonds is 13. The van der Waals surface area contributed by atoms with Crippen molar-refractivity contribution in [3.63, 3.8) is 0 Å². The Morgan fingerprint density at radius 3 is 1.50 bits per heavy atom. The van der Waals surface area contributed by atoms with Crippen molar-refractivity contribution < 1.29 is 8.85 Å². The molecule has 0 amide bonds. The summed E-state index contributed by atoms with van der Waals surface area (Å²) in [6, 6.07) is 0. The topological polar surface area (TPSA) is 21.7 Å². The standard InChI is InChI=1S/C19H45NO2Si2/c1-11-14-15-20(16-23(10,21-12-2)22-13-3)24(17(4)5,18(6)7)19(8)9/h17-19H,11-16H2,1-10H3. The second-order valence-corrected chi connectivity index (χ2v) is 17.2. The fourth-order valence-corrected chi connectivity index (χ4v) is 16.0. The van der Waals surface area contributed by atoms with E-state index in [1.165, 1.54) is 19.4 Å². The maximum Gasteiger partial charge on any atom is 0.348 e. The second-order valence-electron chi connectivity index (χ2n) is 8.13. The van der Waals surface area contributed by atoms with Gasteiger partial charge in [0.1, 0.15) is 8.24 Å². The first-order chi connectivity index (χ1) is 11.1. The van der Waals surface area contributed by atoms with Gasteiger partial charge < -0.3 is 13.4 Å². The highest BCUT2D eigenvalue weighted by Gasteiger charge is 2.50. The van der Waals surface area contributed by atoms with Gasteiger partial charge in [0.25, 0.3) is 0 Å². The summed E-state index contributed by atoms with van der Waals surface area (Å²) in [5.41, 5.74) is 2.20. The van der Waals surface area contributed by atoms with Crippen LogP contribution in [0.5, 0.6) is 0 Å². The molecule has 0 bridgehead atoms. The summed E-state index contributed by atoms with van der Waals surface area (Å²) < 4.78 is 15.3. The van der Waals surface area contributed by atoms with Gasteiger partial charge in [-0.1, -0.05) is 54.9 Å². The van der Waals surface area contributed by atoms with Gasteiger partial charge in [-0.15, -0.1) is 0 Å². The molecule has 24 heavy (non-hydrogen) atoms. The lowest BCUT2D eigenvalue weighted by molar-refractivity contribution is 0.176. The Hall–Kier alpha value is 0.314. The van der Waals surface area contributed by atoms with Crippen LogP contribution in [0.2, 0.25) is 23.2 Å². The van der Waals surface area contributed by atoms with Gasteiger partial charge in [0.05, 0.1) is 0 Å². The Labute approximate surface area is 154 Å². The van der Waals surface area contributed by atoms with E-state index in [0.717, 1.165) is 36.0 Å². The van der Waals surface area contributed by atoms with E-state index in [2.05, 4.69) is 73.4 Å². The maximum atomic E-state index is 6.21. The summed E-state index contributed by atoms with van der Waals surface area (Å²) in [4.78, 5) is 0. The van der Waals surface area contributed by atoms with Crippen LogP contribution < -0.4 is 0 Å². The molecule has 0 spiro atoms. The normalized spacial score (nSPS) is 13.8. The number of unbranched alkanes of at least 4 members (excludes halogenated alkanes) is 1. The van der Waals surface area contributed by atoms with Crippen molar-refractivity contribution in [2.45, 2.75) is 98.3 Å². The molecule has 0 saturated heterocycles. The van der Waals surface area contributed by atoms with Crippen LogP contribution in [-0.4, -0.2) is 47.3 Å². The number of hydrogen-bond acceptors (Lipinski definition) is 3. The van der Waals surface area contributed by atoms with Crippen molar-refractivity contribution in [2.24, 2.45) is 0 Å². The molecular weight excluding hydrogens is 330 g/mol. The van der Waals surface area contributed by atoms with Crippen molar-refractivity contribution in [2.75, 3.05) is 25.9 Å². The van der Waals surface area contributed by atoms with Gasteiger partial charge in [0, 0.05) is 19.4 Å². The second kappa shape index (κ2) is 11.1. The molecule has 0 heterocycles. The van der Waals surface area contributed by atoms with Crippen LogP contribution in [0, 0.1) is 0 Å². The third-order valence-corrected chi connectivity index (χ3v) is 15.6. The minimum absolute atomic E-state index is 0.732. The van der Waals surface area contributed by atoms with Crippen LogP contribution in [0.3, 0.4) is 0 Å². The molecule has 0 radical (unpaired) electrons. The van der Waals surface area contributed by atoms with Gasteiger partial charge in [-0.05, 0) is 50.0 Å². The molecule has 0 rings (SSSR count). The van der Waals surface area contributed by atoms with Crippen molar-refractivity contribution in [1.82, 2.24) is 4.57 Å². The van der Waals surface area contributed by atoms with Gasteiger partial charge in [-0.25, -0.2) is 0 Å². The van der Waals surface area contributed by atoms with E-state index >= 15 is 0 Å². The molecule has 0 aromatic rings. The minimum atomic E-state index is -2.15. The summed E-state index contributed by atoms with van der Waals surface area (Å²) in [5.74, 6) is 0. The summed E-state index contributed by atoms with van der Waals surface area (Å²) >= 11 is 0. The number of nitrogens with zero attached hydrogens (tertiary/aromatic N) is 1. The average Bonchev–Trinajstić information content (AvgIpc) is 2.44. The molecule has 5 heteroatoms. The van der Waals surface area contributed by atoms with E-state index < -0.39 is 16.8 Å². The predicted molar refractivity (Wildman–Crippen MR) is 112 cm³/mol. The summed E-state index contributed by atoms with van der Waals surface area (Å²) in [6.07, 6.45) is 3.54. The van der Waals surface area contributed by atoms with Crippen LogP contribution >= 0.6 is 0 Å². The van der Waals surface area contributed by atoms with Crippen LogP contribution in [0.25, 0.3) is 0 Å². The van der Waals surface area contributed by atoms with Crippen LogP contribution in [0.15, 0.2) is 0 Å². The lowest BCUT2D eigenvalue weighted by Gasteiger charge is -2.52. The number of hydrogen-bond donors (Lipinski definition) is 0. The first-order valence-corrected chi connectivity index (χ1v) is 14.8. The first kappa shape index (κ1) is 24.3. The summed E-state index contributed by atoms with van der Waals surface area (Å²) in [7, 11) is -3.80. The minimum Gasteiger partial charge on any atom is -0.394 e. The molecule has 146 valence electrons. The van der Waals surface area contributed by atoms with Crippen LogP contribution in [0.4, 0.5) is 0 Å². The largest absolute Gasteiger partial charge is 0.394 e. The quantitative estimate of drug-likeness (QED) is 0.371. The summed E-state index contributed by atoms with van der Waals surface area (Å²) in [5, 5.41) is 0. The zero-order valence-electron chi connectivity index (χ0n) is 18.2.